The van der Waals surface area contributed by atoms with Gasteiger partial charge in [0.05, 0.1) is 17.4 Å². The molecule has 0 radical (unpaired) electrons. The summed E-state index contributed by atoms with van der Waals surface area (Å²) in [5.41, 5.74) is 1.74. The molecule has 2 aromatic rings. The number of hydrogen-bond donors (Lipinski definition) is 1. The SMILES string of the molecule is N#CCc1ccc(NC(=O)c2cccc(S(=O)(=O)N3CCCCC3)c2)cc1. The van der Waals surface area contributed by atoms with Gasteiger partial charge in [0.2, 0.25) is 10.0 Å². The number of amides is 1. The largest absolute Gasteiger partial charge is 0.322 e. The quantitative estimate of drug-likeness (QED) is 0.858. The molecule has 3 rings (SSSR count). The first-order valence-electron chi connectivity index (χ1n) is 8.88. The minimum absolute atomic E-state index is 0.140. The smallest absolute Gasteiger partial charge is 0.255 e. The van der Waals surface area contributed by atoms with E-state index in [-0.39, 0.29) is 16.4 Å². The van der Waals surface area contributed by atoms with E-state index in [1.807, 2.05) is 0 Å². The minimum Gasteiger partial charge on any atom is -0.322 e. The van der Waals surface area contributed by atoms with Gasteiger partial charge in [0.1, 0.15) is 0 Å². The Bertz CT molecular complexity index is 957. The van der Waals surface area contributed by atoms with Crippen LogP contribution < -0.4 is 5.32 Å². The number of benzene rings is 2. The van der Waals surface area contributed by atoms with E-state index in [1.54, 1.807) is 36.4 Å². The molecule has 0 atom stereocenters. The summed E-state index contributed by atoms with van der Waals surface area (Å²) < 4.78 is 27.1. The van der Waals surface area contributed by atoms with Gasteiger partial charge in [-0.15, -0.1) is 0 Å². The van der Waals surface area contributed by atoms with Crippen molar-refractivity contribution >= 4 is 21.6 Å². The molecule has 6 nitrogen and oxygen atoms in total. The first-order valence-corrected chi connectivity index (χ1v) is 10.3. The Labute approximate surface area is 159 Å². The summed E-state index contributed by atoms with van der Waals surface area (Å²) in [5.74, 6) is -0.376. The van der Waals surface area contributed by atoms with E-state index < -0.39 is 10.0 Å². The topological polar surface area (TPSA) is 90.3 Å². The number of piperidine rings is 1. The molecule has 1 amide bonds. The van der Waals surface area contributed by atoms with Crippen molar-refractivity contribution in [3.8, 4) is 6.07 Å². The maximum atomic E-state index is 12.8. The second-order valence-electron chi connectivity index (χ2n) is 6.48. The highest BCUT2D eigenvalue weighted by Crippen LogP contribution is 2.22. The van der Waals surface area contributed by atoms with Gasteiger partial charge < -0.3 is 5.32 Å². The number of sulfonamides is 1. The number of anilines is 1. The van der Waals surface area contributed by atoms with Crippen molar-refractivity contribution < 1.29 is 13.2 Å². The van der Waals surface area contributed by atoms with Crippen LogP contribution in [0, 0.1) is 11.3 Å². The van der Waals surface area contributed by atoms with Gasteiger partial charge in [-0.2, -0.15) is 9.57 Å². The monoisotopic (exact) mass is 383 g/mol. The molecular weight excluding hydrogens is 362 g/mol. The van der Waals surface area contributed by atoms with Gasteiger partial charge in [0.15, 0.2) is 0 Å². The maximum absolute atomic E-state index is 12.8. The third kappa shape index (κ3) is 4.54. The molecule has 140 valence electrons. The summed E-state index contributed by atoms with van der Waals surface area (Å²) in [5, 5.41) is 11.5. The van der Waals surface area contributed by atoms with E-state index in [4.69, 9.17) is 5.26 Å². The molecule has 0 spiro atoms. The van der Waals surface area contributed by atoms with Crippen molar-refractivity contribution in [1.29, 1.82) is 5.26 Å². The van der Waals surface area contributed by atoms with Crippen LogP contribution in [0.15, 0.2) is 53.4 Å². The molecule has 0 bridgehead atoms. The molecule has 27 heavy (non-hydrogen) atoms. The molecule has 1 fully saturated rings. The zero-order valence-corrected chi connectivity index (χ0v) is 15.7. The zero-order valence-electron chi connectivity index (χ0n) is 14.9. The van der Waals surface area contributed by atoms with Crippen LogP contribution in [0.25, 0.3) is 0 Å². The molecule has 1 aliphatic heterocycles. The van der Waals surface area contributed by atoms with E-state index in [0.29, 0.717) is 25.2 Å². The molecule has 1 N–H and O–H groups in total. The molecule has 7 heteroatoms. The Kier molecular flexibility index (Phi) is 5.89. The van der Waals surface area contributed by atoms with Gasteiger partial charge in [-0.3, -0.25) is 4.79 Å². The fourth-order valence-corrected chi connectivity index (χ4v) is 4.62. The molecule has 1 heterocycles. The second kappa shape index (κ2) is 8.33. The van der Waals surface area contributed by atoms with Gasteiger partial charge in [0, 0.05) is 24.3 Å². The minimum atomic E-state index is -3.58. The Morgan fingerprint density at radius 2 is 1.78 bits per heavy atom. The lowest BCUT2D eigenvalue weighted by Crippen LogP contribution is -2.35. The molecule has 0 aromatic heterocycles. The van der Waals surface area contributed by atoms with E-state index >= 15 is 0 Å². The van der Waals surface area contributed by atoms with Gasteiger partial charge in [-0.1, -0.05) is 24.6 Å². The van der Waals surface area contributed by atoms with Crippen molar-refractivity contribution in [3.05, 3.63) is 59.7 Å². The number of nitrogens with one attached hydrogen (secondary N) is 1. The summed E-state index contributed by atoms with van der Waals surface area (Å²) in [6.07, 6.45) is 3.08. The third-order valence-electron chi connectivity index (χ3n) is 4.54. The molecule has 0 unspecified atom stereocenters. The van der Waals surface area contributed by atoms with E-state index in [2.05, 4.69) is 11.4 Å². The number of carbonyl (C=O) groups excluding carboxylic acids is 1. The first kappa shape index (κ1) is 19.1. The van der Waals surface area contributed by atoms with Crippen molar-refractivity contribution in [2.45, 2.75) is 30.6 Å². The first-order chi connectivity index (χ1) is 13.0. The summed E-state index contributed by atoms with van der Waals surface area (Å²) in [6, 6.07) is 15.2. The summed E-state index contributed by atoms with van der Waals surface area (Å²) >= 11 is 0. The zero-order chi connectivity index (χ0) is 19.3. The number of rotatable bonds is 5. The molecule has 0 aliphatic carbocycles. The predicted octanol–water partition coefficient (Wildman–Crippen LogP) is 3.18. The molecule has 0 saturated carbocycles. The lowest BCUT2D eigenvalue weighted by molar-refractivity contribution is 0.102. The average molecular weight is 383 g/mol. The predicted molar refractivity (Wildman–Crippen MR) is 103 cm³/mol. The lowest BCUT2D eigenvalue weighted by Gasteiger charge is -2.26. The number of hydrogen-bond acceptors (Lipinski definition) is 4. The Morgan fingerprint density at radius 1 is 1.07 bits per heavy atom. The number of nitriles is 1. The fraction of sp³-hybridized carbons (Fsp3) is 0.300. The molecule has 2 aromatic carbocycles. The van der Waals surface area contributed by atoms with Gasteiger partial charge in [-0.05, 0) is 48.7 Å². The van der Waals surface area contributed by atoms with Gasteiger partial charge >= 0.3 is 0 Å². The Morgan fingerprint density at radius 3 is 2.44 bits per heavy atom. The van der Waals surface area contributed by atoms with Crippen LogP contribution in [-0.4, -0.2) is 31.7 Å². The highest BCUT2D eigenvalue weighted by molar-refractivity contribution is 7.89. The number of nitrogens with zero attached hydrogens (tertiary/aromatic N) is 2. The standard InChI is InChI=1S/C20H21N3O3S/c21-12-11-16-7-9-18(10-8-16)22-20(24)17-5-4-6-19(15-17)27(25,26)23-13-2-1-3-14-23/h4-10,15H,1-3,11,13-14H2,(H,22,24). The number of carbonyl (C=O) groups is 1. The van der Waals surface area contributed by atoms with Gasteiger partial charge in [0.25, 0.3) is 5.91 Å². The Balaban J connectivity index is 1.76. The summed E-state index contributed by atoms with van der Waals surface area (Å²) in [6.45, 7) is 1.04. The van der Waals surface area contributed by atoms with Crippen molar-refractivity contribution in [3.63, 3.8) is 0 Å². The normalized spacial score (nSPS) is 15.1. The van der Waals surface area contributed by atoms with Gasteiger partial charge in [-0.25, -0.2) is 8.42 Å². The third-order valence-corrected chi connectivity index (χ3v) is 6.44. The average Bonchev–Trinajstić information content (AvgIpc) is 2.70. The maximum Gasteiger partial charge on any atom is 0.255 e. The van der Waals surface area contributed by atoms with E-state index in [0.717, 1.165) is 24.8 Å². The van der Waals surface area contributed by atoms with Crippen LogP contribution in [0.4, 0.5) is 5.69 Å². The summed E-state index contributed by atoms with van der Waals surface area (Å²) in [4.78, 5) is 12.6. The van der Waals surface area contributed by atoms with Crippen LogP contribution in [0.2, 0.25) is 0 Å². The van der Waals surface area contributed by atoms with E-state index in [9.17, 15) is 13.2 Å². The van der Waals surface area contributed by atoms with Crippen molar-refractivity contribution in [2.75, 3.05) is 18.4 Å². The lowest BCUT2D eigenvalue weighted by atomic mass is 10.1. The molecule has 1 saturated heterocycles. The van der Waals surface area contributed by atoms with Crippen LogP contribution >= 0.6 is 0 Å². The summed E-state index contributed by atoms with van der Waals surface area (Å²) in [7, 11) is -3.58. The van der Waals surface area contributed by atoms with Crippen LogP contribution in [-0.2, 0) is 16.4 Å². The second-order valence-corrected chi connectivity index (χ2v) is 8.42. The van der Waals surface area contributed by atoms with Crippen LogP contribution in [0.1, 0.15) is 35.2 Å². The van der Waals surface area contributed by atoms with Crippen molar-refractivity contribution in [1.82, 2.24) is 4.31 Å². The highest BCUT2D eigenvalue weighted by atomic mass is 32.2. The highest BCUT2D eigenvalue weighted by Gasteiger charge is 2.26. The molecular formula is C20H21N3O3S. The van der Waals surface area contributed by atoms with Crippen LogP contribution in [0.3, 0.4) is 0 Å². The molecule has 1 aliphatic rings. The Hall–Kier alpha value is -2.69. The fourth-order valence-electron chi connectivity index (χ4n) is 3.05. The van der Waals surface area contributed by atoms with E-state index in [1.165, 1.54) is 16.4 Å². The van der Waals surface area contributed by atoms with Crippen LogP contribution in [0.5, 0.6) is 0 Å². The van der Waals surface area contributed by atoms with Crippen molar-refractivity contribution in [2.24, 2.45) is 0 Å².